The second-order valence-corrected chi connectivity index (χ2v) is 9.24. The molecule has 0 aromatic carbocycles. The quantitative estimate of drug-likeness (QED) is 0.734. The minimum Gasteiger partial charge on any atom is -0.356 e. The number of hydrogen-bond donors (Lipinski definition) is 1. The Morgan fingerprint density at radius 2 is 1.88 bits per heavy atom. The Morgan fingerprint density at radius 1 is 1.12 bits per heavy atom. The van der Waals surface area contributed by atoms with Gasteiger partial charge in [0.25, 0.3) is 0 Å². The molecule has 5 heterocycles. The molecule has 5 rings (SSSR count). The van der Waals surface area contributed by atoms with Crippen LogP contribution in [0.15, 0.2) is 12.5 Å². The average Bonchev–Trinajstić information content (AvgIpc) is 3.17. The van der Waals surface area contributed by atoms with E-state index in [1.807, 2.05) is 6.92 Å². The number of halogens is 3. The van der Waals surface area contributed by atoms with Gasteiger partial charge < -0.3 is 19.7 Å². The van der Waals surface area contributed by atoms with Crippen LogP contribution in [0.4, 0.5) is 24.8 Å². The largest absolute Gasteiger partial charge is 0.434 e. The van der Waals surface area contributed by atoms with Crippen molar-refractivity contribution in [3.63, 3.8) is 0 Å². The molecule has 3 aliphatic heterocycles. The summed E-state index contributed by atoms with van der Waals surface area (Å²) in [6.45, 7) is 6.60. The van der Waals surface area contributed by atoms with Gasteiger partial charge in [0, 0.05) is 50.3 Å². The fourth-order valence-corrected chi connectivity index (χ4v) is 5.03. The third kappa shape index (κ3) is 4.42. The second-order valence-electron chi connectivity index (χ2n) is 9.24. The van der Waals surface area contributed by atoms with Gasteiger partial charge in [-0.3, -0.25) is 4.79 Å². The number of piperidine rings is 1. The molecule has 0 radical (unpaired) electrons. The first-order chi connectivity index (χ1) is 15.8. The summed E-state index contributed by atoms with van der Waals surface area (Å²) >= 11 is 0. The highest BCUT2D eigenvalue weighted by molar-refractivity contribution is 5.94. The predicted molar refractivity (Wildman–Crippen MR) is 116 cm³/mol. The van der Waals surface area contributed by atoms with Crippen LogP contribution in [0.25, 0.3) is 0 Å². The van der Waals surface area contributed by atoms with Crippen molar-refractivity contribution in [2.75, 3.05) is 42.9 Å². The first-order valence-electron chi connectivity index (χ1n) is 11.6. The van der Waals surface area contributed by atoms with E-state index in [2.05, 4.69) is 30.1 Å². The van der Waals surface area contributed by atoms with E-state index in [0.29, 0.717) is 50.5 Å². The molecule has 0 saturated carbocycles. The number of nitrogens with one attached hydrogen (secondary N) is 1. The van der Waals surface area contributed by atoms with Crippen LogP contribution in [0.3, 0.4) is 0 Å². The number of carbonyl (C=O) groups is 1. The zero-order chi connectivity index (χ0) is 23.2. The van der Waals surface area contributed by atoms with Crippen LogP contribution in [-0.2, 0) is 17.5 Å². The third-order valence-corrected chi connectivity index (χ3v) is 6.97. The molecular formula is C22H28F3N7O. The number of rotatable bonds is 5. The highest BCUT2D eigenvalue weighted by atomic mass is 19.4. The van der Waals surface area contributed by atoms with Crippen LogP contribution in [0.2, 0.25) is 0 Å². The molecule has 33 heavy (non-hydrogen) atoms. The van der Waals surface area contributed by atoms with Crippen molar-refractivity contribution >= 4 is 17.5 Å². The van der Waals surface area contributed by atoms with Gasteiger partial charge in [-0.1, -0.05) is 6.92 Å². The molecule has 3 aliphatic rings. The number of alkyl halides is 3. The number of imidazole rings is 1. The van der Waals surface area contributed by atoms with Gasteiger partial charge in [0.05, 0.1) is 0 Å². The number of amides is 1. The summed E-state index contributed by atoms with van der Waals surface area (Å²) in [4.78, 5) is 29.0. The van der Waals surface area contributed by atoms with Crippen molar-refractivity contribution in [2.24, 2.45) is 0 Å². The van der Waals surface area contributed by atoms with Crippen LogP contribution < -0.4 is 10.2 Å². The summed E-state index contributed by atoms with van der Waals surface area (Å²) in [5.74, 6) is 1.82. The fraction of sp³-hybridized carbons (Fsp3) is 0.636. The van der Waals surface area contributed by atoms with Crippen molar-refractivity contribution in [1.29, 1.82) is 0 Å². The third-order valence-electron chi connectivity index (χ3n) is 6.97. The van der Waals surface area contributed by atoms with Crippen molar-refractivity contribution < 1.29 is 18.0 Å². The topological polar surface area (TPSA) is 79.2 Å². The zero-order valence-corrected chi connectivity index (χ0v) is 18.6. The number of likely N-dealkylation sites (tertiary alicyclic amines) is 1. The Morgan fingerprint density at radius 3 is 2.55 bits per heavy atom. The molecule has 0 bridgehead atoms. The normalized spacial score (nSPS) is 22.1. The lowest BCUT2D eigenvalue weighted by molar-refractivity contribution is -0.141. The van der Waals surface area contributed by atoms with Crippen LogP contribution in [0.5, 0.6) is 0 Å². The highest BCUT2D eigenvalue weighted by Gasteiger charge is 2.37. The molecule has 11 heteroatoms. The maximum atomic E-state index is 13.4. The molecule has 2 aromatic heterocycles. The van der Waals surface area contributed by atoms with Gasteiger partial charge in [0.2, 0.25) is 5.91 Å². The minimum atomic E-state index is -4.45. The predicted octanol–water partition coefficient (Wildman–Crippen LogP) is 3.23. The average molecular weight is 464 g/mol. The van der Waals surface area contributed by atoms with Crippen LogP contribution >= 0.6 is 0 Å². The highest BCUT2D eigenvalue weighted by Crippen LogP contribution is 2.39. The minimum absolute atomic E-state index is 0.0115. The van der Waals surface area contributed by atoms with E-state index in [4.69, 9.17) is 0 Å². The molecule has 0 aliphatic carbocycles. The van der Waals surface area contributed by atoms with E-state index in [9.17, 15) is 18.0 Å². The van der Waals surface area contributed by atoms with Crippen molar-refractivity contribution in [2.45, 2.75) is 57.2 Å². The van der Waals surface area contributed by atoms with E-state index >= 15 is 0 Å². The Kier molecular flexibility index (Phi) is 5.75. The SMILES string of the molecule is C[C@@H]1CC(=O)Nc2ncnc(N3CCC(c4nc(C(F)(F)F)cn4CCN4CCC4)CC3)c21. The summed E-state index contributed by atoms with van der Waals surface area (Å²) in [7, 11) is 0. The molecule has 0 unspecified atom stereocenters. The second kappa shape index (κ2) is 8.58. The van der Waals surface area contributed by atoms with Gasteiger partial charge in [-0.2, -0.15) is 13.2 Å². The standard InChI is InChI=1S/C22H28F3N7O/c1-14-11-17(33)29-19-18(14)21(27-13-26-19)31-7-3-15(4-8-31)20-28-16(22(23,24)25)12-32(20)10-9-30-5-2-6-30/h12-15H,2-11H2,1H3,(H,26,27,29,33)/t14-/m1/s1. The maximum absolute atomic E-state index is 13.4. The summed E-state index contributed by atoms with van der Waals surface area (Å²) in [6.07, 6.45) is 1.10. The molecule has 2 aromatic rings. The van der Waals surface area contributed by atoms with E-state index in [-0.39, 0.29) is 17.7 Å². The van der Waals surface area contributed by atoms with Crippen LogP contribution in [0, 0.1) is 0 Å². The Labute approximate surface area is 190 Å². The molecule has 1 atom stereocenters. The molecule has 1 amide bonds. The van der Waals surface area contributed by atoms with Gasteiger partial charge in [-0.15, -0.1) is 0 Å². The molecule has 1 N–H and O–H groups in total. The first kappa shape index (κ1) is 22.1. The van der Waals surface area contributed by atoms with Gasteiger partial charge in [-0.25, -0.2) is 15.0 Å². The van der Waals surface area contributed by atoms with E-state index in [1.54, 1.807) is 4.57 Å². The van der Waals surface area contributed by atoms with Gasteiger partial charge >= 0.3 is 6.18 Å². The monoisotopic (exact) mass is 463 g/mol. The van der Waals surface area contributed by atoms with Gasteiger partial charge in [0.1, 0.15) is 23.8 Å². The number of aromatic nitrogens is 4. The smallest absolute Gasteiger partial charge is 0.356 e. The van der Waals surface area contributed by atoms with Gasteiger partial charge in [-0.05, 0) is 38.3 Å². The number of hydrogen-bond acceptors (Lipinski definition) is 6. The van der Waals surface area contributed by atoms with E-state index in [0.717, 1.165) is 37.4 Å². The lowest BCUT2D eigenvalue weighted by Crippen LogP contribution is -2.39. The maximum Gasteiger partial charge on any atom is 0.434 e. The Balaban J connectivity index is 1.33. The summed E-state index contributed by atoms with van der Waals surface area (Å²) in [6, 6.07) is 0. The molecule has 2 fully saturated rings. The van der Waals surface area contributed by atoms with Crippen molar-refractivity contribution in [3.05, 3.63) is 29.6 Å². The van der Waals surface area contributed by atoms with Crippen molar-refractivity contribution in [1.82, 2.24) is 24.4 Å². The molecule has 8 nitrogen and oxygen atoms in total. The molecule has 178 valence electrons. The fourth-order valence-electron chi connectivity index (χ4n) is 5.03. The lowest BCUT2D eigenvalue weighted by atomic mass is 9.92. The van der Waals surface area contributed by atoms with Crippen molar-refractivity contribution in [3.8, 4) is 0 Å². The van der Waals surface area contributed by atoms with E-state index in [1.165, 1.54) is 12.5 Å². The first-order valence-corrected chi connectivity index (χ1v) is 11.6. The number of nitrogens with zero attached hydrogens (tertiary/aromatic N) is 6. The van der Waals surface area contributed by atoms with E-state index < -0.39 is 11.9 Å². The summed E-state index contributed by atoms with van der Waals surface area (Å²) < 4.78 is 41.9. The summed E-state index contributed by atoms with van der Waals surface area (Å²) in [5.41, 5.74) is 0.129. The molecule has 0 spiro atoms. The zero-order valence-electron chi connectivity index (χ0n) is 18.6. The molecule has 2 saturated heterocycles. The van der Waals surface area contributed by atoms with Gasteiger partial charge in [0.15, 0.2) is 5.69 Å². The Hall–Kier alpha value is -2.69. The number of fused-ring (bicyclic) bond motifs is 1. The Bertz CT molecular complexity index is 1030. The summed E-state index contributed by atoms with van der Waals surface area (Å²) in [5, 5.41) is 2.82. The van der Waals surface area contributed by atoms with Crippen LogP contribution in [-0.4, -0.2) is 63.0 Å². The number of anilines is 2. The number of carbonyl (C=O) groups excluding carboxylic acids is 1. The van der Waals surface area contributed by atoms with Crippen LogP contribution in [0.1, 0.15) is 61.5 Å². The molecular weight excluding hydrogens is 435 g/mol. The lowest BCUT2D eigenvalue weighted by Gasteiger charge is -2.36.